The fourth-order valence-electron chi connectivity index (χ4n) is 2.06. The van der Waals surface area contributed by atoms with E-state index in [4.69, 9.17) is 4.74 Å². The van der Waals surface area contributed by atoms with Gasteiger partial charge in [0, 0.05) is 13.0 Å². The highest BCUT2D eigenvalue weighted by Crippen LogP contribution is 2.19. The Hall–Kier alpha value is -2.36. The van der Waals surface area contributed by atoms with Crippen LogP contribution in [0.25, 0.3) is 0 Å². The van der Waals surface area contributed by atoms with E-state index in [9.17, 15) is 4.79 Å². The van der Waals surface area contributed by atoms with Crippen molar-refractivity contribution in [1.29, 1.82) is 0 Å². The molecule has 20 heavy (non-hydrogen) atoms. The van der Waals surface area contributed by atoms with Crippen molar-refractivity contribution in [2.24, 2.45) is 0 Å². The molecule has 0 unspecified atom stereocenters. The first kappa shape index (κ1) is 14.1. The normalized spacial score (nSPS) is 11.7. The number of amides is 1. The molecule has 4 heteroatoms. The zero-order chi connectivity index (χ0) is 14.4. The molecule has 0 saturated carbocycles. The standard InChI is InChI=1S/C16H18N2O2/c1-12(19)17-15(11-13-7-4-3-5-8-13)14-9-6-10-16(18-14)20-2/h3-10,15H,11H2,1-2H3,(H,17,19)/t15-/m0/s1. The Morgan fingerprint density at radius 3 is 2.60 bits per heavy atom. The molecule has 0 radical (unpaired) electrons. The Balaban J connectivity index is 2.24. The van der Waals surface area contributed by atoms with Crippen molar-refractivity contribution in [3.8, 4) is 5.88 Å². The van der Waals surface area contributed by atoms with E-state index in [1.807, 2.05) is 42.5 Å². The molecule has 2 aromatic rings. The number of rotatable bonds is 5. The summed E-state index contributed by atoms with van der Waals surface area (Å²) in [5.41, 5.74) is 1.94. The van der Waals surface area contributed by atoms with Gasteiger partial charge in [-0.3, -0.25) is 4.79 Å². The summed E-state index contributed by atoms with van der Waals surface area (Å²) in [4.78, 5) is 15.8. The van der Waals surface area contributed by atoms with Crippen LogP contribution in [0.2, 0.25) is 0 Å². The van der Waals surface area contributed by atoms with Crippen molar-refractivity contribution in [3.63, 3.8) is 0 Å². The highest BCUT2D eigenvalue weighted by atomic mass is 16.5. The summed E-state index contributed by atoms with van der Waals surface area (Å²) in [6.07, 6.45) is 0.695. The summed E-state index contributed by atoms with van der Waals surface area (Å²) >= 11 is 0. The lowest BCUT2D eigenvalue weighted by Crippen LogP contribution is -2.28. The van der Waals surface area contributed by atoms with Gasteiger partial charge in [0.05, 0.1) is 18.8 Å². The first-order chi connectivity index (χ1) is 9.69. The zero-order valence-electron chi connectivity index (χ0n) is 11.7. The summed E-state index contributed by atoms with van der Waals surface area (Å²) in [6.45, 7) is 1.51. The maximum Gasteiger partial charge on any atom is 0.217 e. The largest absolute Gasteiger partial charge is 0.481 e. The number of carbonyl (C=O) groups excluding carboxylic acids is 1. The van der Waals surface area contributed by atoms with Gasteiger partial charge in [-0.05, 0) is 18.1 Å². The minimum atomic E-state index is -0.162. The summed E-state index contributed by atoms with van der Waals surface area (Å²) in [5, 5.41) is 2.94. The van der Waals surface area contributed by atoms with E-state index in [1.165, 1.54) is 6.92 Å². The molecule has 1 amide bonds. The Kier molecular flexibility index (Phi) is 4.71. The summed E-state index contributed by atoms with van der Waals surface area (Å²) in [7, 11) is 1.58. The Bertz CT molecular complexity index is 570. The molecular formula is C16H18N2O2. The van der Waals surface area contributed by atoms with Crippen molar-refractivity contribution < 1.29 is 9.53 Å². The molecule has 1 heterocycles. The molecule has 1 atom stereocenters. The topological polar surface area (TPSA) is 51.2 Å². The van der Waals surface area contributed by atoms with Crippen LogP contribution in [-0.4, -0.2) is 18.0 Å². The first-order valence-corrected chi connectivity index (χ1v) is 6.51. The second-order valence-electron chi connectivity index (χ2n) is 4.55. The van der Waals surface area contributed by atoms with Crippen molar-refractivity contribution in [3.05, 3.63) is 59.8 Å². The lowest BCUT2D eigenvalue weighted by molar-refractivity contribution is -0.119. The third-order valence-corrected chi connectivity index (χ3v) is 2.97. The first-order valence-electron chi connectivity index (χ1n) is 6.51. The summed E-state index contributed by atoms with van der Waals surface area (Å²) < 4.78 is 5.14. The lowest BCUT2D eigenvalue weighted by atomic mass is 10.0. The van der Waals surface area contributed by atoms with Gasteiger partial charge in [0.25, 0.3) is 0 Å². The zero-order valence-corrected chi connectivity index (χ0v) is 11.7. The van der Waals surface area contributed by atoms with Crippen LogP contribution in [0.4, 0.5) is 0 Å². The number of hydrogen-bond donors (Lipinski definition) is 1. The minimum Gasteiger partial charge on any atom is -0.481 e. The van der Waals surface area contributed by atoms with Crippen LogP contribution in [0.3, 0.4) is 0 Å². The predicted octanol–water partition coefficient (Wildman–Crippen LogP) is 2.51. The molecule has 4 nitrogen and oxygen atoms in total. The highest BCUT2D eigenvalue weighted by molar-refractivity contribution is 5.73. The van der Waals surface area contributed by atoms with Crippen molar-refractivity contribution in [2.75, 3.05) is 7.11 Å². The Labute approximate surface area is 118 Å². The number of hydrogen-bond acceptors (Lipinski definition) is 3. The van der Waals surface area contributed by atoms with Crippen LogP contribution in [0, 0.1) is 0 Å². The van der Waals surface area contributed by atoms with Crippen LogP contribution in [0.1, 0.15) is 24.2 Å². The Morgan fingerprint density at radius 2 is 1.95 bits per heavy atom. The molecule has 0 aliphatic rings. The summed E-state index contributed by atoms with van der Waals surface area (Å²) in [6, 6.07) is 15.4. The van der Waals surface area contributed by atoms with E-state index in [1.54, 1.807) is 13.2 Å². The molecule has 1 N–H and O–H groups in total. The van der Waals surface area contributed by atoms with Crippen LogP contribution >= 0.6 is 0 Å². The van der Waals surface area contributed by atoms with E-state index in [0.29, 0.717) is 12.3 Å². The van der Waals surface area contributed by atoms with E-state index >= 15 is 0 Å². The molecule has 0 aliphatic carbocycles. The van der Waals surface area contributed by atoms with E-state index in [2.05, 4.69) is 10.3 Å². The highest BCUT2D eigenvalue weighted by Gasteiger charge is 2.15. The number of nitrogens with zero attached hydrogens (tertiary/aromatic N) is 1. The second kappa shape index (κ2) is 6.70. The van der Waals surface area contributed by atoms with Gasteiger partial charge in [-0.1, -0.05) is 36.4 Å². The summed E-state index contributed by atoms with van der Waals surface area (Å²) in [5.74, 6) is 0.474. The minimum absolute atomic E-state index is 0.0736. The van der Waals surface area contributed by atoms with Gasteiger partial charge in [0.2, 0.25) is 11.8 Å². The number of methoxy groups -OCH3 is 1. The maximum absolute atomic E-state index is 11.4. The van der Waals surface area contributed by atoms with Gasteiger partial charge >= 0.3 is 0 Å². The molecule has 0 saturated heterocycles. The Morgan fingerprint density at radius 1 is 1.20 bits per heavy atom. The fraction of sp³-hybridized carbons (Fsp3) is 0.250. The molecule has 0 fully saturated rings. The van der Waals surface area contributed by atoms with Gasteiger partial charge in [0.15, 0.2) is 0 Å². The molecule has 0 bridgehead atoms. The average Bonchev–Trinajstić information content (AvgIpc) is 2.47. The molecule has 1 aromatic heterocycles. The number of aromatic nitrogens is 1. The number of pyridine rings is 1. The molecule has 2 rings (SSSR count). The fourth-order valence-corrected chi connectivity index (χ4v) is 2.06. The van der Waals surface area contributed by atoms with E-state index in [-0.39, 0.29) is 11.9 Å². The molecule has 1 aromatic carbocycles. The number of nitrogens with one attached hydrogen (secondary N) is 1. The van der Waals surface area contributed by atoms with Crippen molar-refractivity contribution in [2.45, 2.75) is 19.4 Å². The molecule has 0 spiro atoms. The van der Waals surface area contributed by atoms with Gasteiger partial charge in [0.1, 0.15) is 0 Å². The quantitative estimate of drug-likeness (QED) is 0.908. The number of carbonyl (C=O) groups is 1. The van der Waals surface area contributed by atoms with Gasteiger partial charge < -0.3 is 10.1 Å². The maximum atomic E-state index is 11.4. The van der Waals surface area contributed by atoms with Gasteiger partial charge in [-0.2, -0.15) is 0 Å². The monoisotopic (exact) mass is 270 g/mol. The molecular weight excluding hydrogens is 252 g/mol. The van der Waals surface area contributed by atoms with Crippen molar-refractivity contribution >= 4 is 5.91 Å². The van der Waals surface area contributed by atoms with Gasteiger partial charge in [-0.25, -0.2) is 4.98 Å². The van der Waals surface area contributed by atoms with Gasteiger partial charge in [-0.15, -0.1) is 0 Å². The second-order valence-corrected chi connectivity index (χ2v) is 4.55. The molecule has 104 valence electrons. The van der Waals surface area contributed by atoms with E-state index < -0.39 is 0 Å². The molecule has 0 aliphatic heterocycles. The number of ether oxygens (including phenoxy) is 1. The predicted molar refractivity (Wildman–Crippen MR) is 77.5 cm³/mol. The third kappa shape index (κ3) is 3.82. The van der Waals surface area contributed by atoms with Crippen molar-refractivity contribution in [1.82, 2.24) is 10.3 Å². The average molecular weight is 270 g/mol. The van der Waals surface area contributed by atoms with Crippen LogP contribution < -0.4 is 10.1 Å². The van der Waals surface area contributed by atoms with Crippen LogP contribution in [0.5, 0.6) is 5.88 Å². The van der Waals surface area contributed by atoms with Crippen LogP contribution in [0.15, 0.2) is 48.5 Å². The van der Waals surface area contributed by atoms with Crippen LogP contribution in [-0.2, 0) is 11.2 Å². The SMILES string of the molecule is COc1cccc([C@H](Cc2ccccc2)NC(C)=O)n1. The lowest BCUT2D eigenvalue weighted by Gasteiger charge is -2.18. The third-order valence-electron chi connectivity index (χ3n) is 2.97. The smallest absolute Gasteiger partial charge is 0.217 e. The number of benzene rings is 1. The van der Waals surface area contributed by atoms with E-state index in [0.717, 1.165) is 11.3 Å².